The summed E-state index contributed by atoms with van der Waals surface area (Å²) >= 11 is 0. The van der Waals surface area contributed by atoms with E-state index < -0.39 is 16.0 Å². The van der Waals surface area contributed by atoms with Crippen molar-refractivity contribution in [3.8, 4) is 5.75 Å². The monoisotopic (exact) mass is 447 g/mol. The van der Waals surface area contributed by atoms with Crippen molar-refractivity contribution in [2.75, 3.05) is 29.3 Å². The van der Waals surface area contributed by atoms with Gasteiger partial charge in [0.05, 0.1) is 22.8 Å². The topological polar surface area (TPSA) is 139 Å². The second-order valence-electron chi connectivity index (χ2n) is 7.21. The lowest BCUT2D eigenvalue weighted by Crippen LogP contribution is -2.39. The fourth-order valence-electron chi connectivity index (χ4n) is 3.55. The molecule has 1 saturated heterocycles. The summed E-state index contributed by atoms with van der Waals surface area (Å²) in [6.45, 7) is 3.28. The fourth-order valence-corrected chi connectivity index (χ4v) is 4.60. The van der Waals surface area contributed by atoms with E-state index in [2.05, 4.69) is 4.72 Å². The highest BCUT2D eigenvalue weighted by atomic mass is 32.2. The smallest absolute Gasteiger partial charge is 0.337 e. The summed E-state index contributed by atoms with van der Waals surface area (Å²) in [7, 11) is -3.91. The molecule has 0 radical (unpaired) electrons. The molecule has 3 rings (SSSR count). The molecule has 0 spiro atoms. The third kappa shape index (κ3) is 5.26. The molecule has 0 unspecified atom stereocenters. The number of hydrogen-bond donors (Lipinski definition) is 3. The SMILES string of the molecule is CCOc1ccc(S(=O)(=O)Nc2ccc(N3CCC(C(N)=O)CC3)c(C(=O)O)c2)cc1. The zero-order chi connectivity index (χ0) is 22.6. The minimum Gasteiger partial charge on any atom is -0.494 e. The minimum absolute atomic E-state index is 0.0237. The van der Waals surface area contributed by atoms with E-state index in [0.29, 0.717) is 44.0 Å². The third-order valence-electron chi connectivity index (χ3n) is 5.16. The molecule has 4 N–H and O–H groups in total. The highest BCUT2D eigenvalue weighted by molar-refractivity contribution is 7.92. The summed E-state index contributed by atoms with van der Waals surface area (Å²) in [5, 5.41) is 9.67. The Hall–Kier alpha value is -3.27. The van der Waals surface area contributed by atoms with Crippen LogP contribution in [0.2, 0.25) is 0 Å². The van der Waals surface area contributed by atoms with Crippen LogP contribution in [0.5, 0.6) is 5.75 Å². The van der Waals surface area contributed by atoms with Gasteiger partial charge in [-0.1, -0.05) is 0 Å². The summed E-state index contributed by atoms with van der Waals surface area (Å²) in [5.74, 6) is -1.19. The number of anilines is 2. The van der Waals surface area contributed by atoms with Crippen molar-refractivity contribution in [1.29, 1.82) is 0 Å². The fraction of sp³-hybridized carbons (Fsp3) is 0.333. The van der Waals surface area contributed by atoms with E-state index in [1.54, 1.807) is 18.2 Å². The predicted octanol–water partition coefficient (Wildman–Crippen LogP) is 2.29. The first kappa shape index (κ1) is 22.4. The quantitative estimate of drug-likeness (QED) is 0.564. The van der Waals surface area contributed by atoms with Gasteiger partial charge >= 0.3 is 5.97 Å². The number of carbonyl (C=O) groups is 2. The molecule has 10 heteroatoms. The van der Waals surface area contributed by atoms with Crippen LogP contribution in [0.25, 0.3) is 0 Å². The number of benzene rings is 2. The van der Waals surface area contributed by atoms with Crippen LogP contribution in [-0.4, -0.2) is 45.1 Å². The molecule has 1 amide bonds. The Kier molecular flexibility index (Phi) is 6.69. The first-order valence-corrected chi connectivity index (χ1v) is 11.4. The van der Waals surface area contributed by atoms with Gasteiger partial charge in [-0.2, -0.15) is 0 Å². The van der Waals surface area contributed by atoms with Crippen LogP contribution in [0.3, 0.4) is 0 Å². The number of carboxylic acids is 1. The molecule has 2 aromatic carbocycles. The number of ether oxygens (including phenoxy) is 1. The van der Waals surface area contributed by atoms with Crippen molar-refractivity contribution in [1.82, 2.24) is 0 Å². The summed E-state index contributed by atoms with van der Waals surface area (Å²) in [6, 6.07) is 10.3. The zero-order valence-corrected chi connectivity index (χ0v) is 17.9. The van der Waals surface area contributed by atoms with Crippen LogP contribution < -0.4 is 20.1 Å². The molecule has 2 aromatic rings. The molecule has 166 valence electrons. The number of amides is 1. The standard InChI is InChI=1S/C21H25N3O6S/c1-2-30-16-4-6-17(7-5-16)31(28,29)23-15-3-8-19(18(13-15)21(26)27)24-11-9-14(10-12-24)20(22)25/h3-8,13-14,23H,2,9-12H2,1H3,(H2,22,25)(H,26,27). The summed E-state index contributed by atoms with van der Waals surface area (Å²) in [4.78, 5) is 25.1. The van der Waals surface area contributed by atoms with Gasteiger partial charge in [0.15, 0.2) is 0 Å². The molecule has 1 aliphatic heterocycles. The predicted molar refractivity (Wildman–Crippen MR) is 116 cm³/mol. The van der Waals surface area contributed by atoms with E-state index in [4.69, 9.17) is 10.5 Å². The van der Waals surface area contributed by atoms with Crippen LogP contribution in [0.4, 0.5) is 11.4 Å². The number of carboxylic acid groups (broad SMARTS) is 1. The van der Waals surface area contributed by atoms with Crippen LogP contribution >= 0.6 is 0 Å². The van der Waals surface area contributed by atoms with Crippen LogP contribution in [0.1, 0.15) is 30.1 Å². The van der Waals surface area contributed by atoms with Gasteiger partial charge in [-0.15, -0.1) is 0 Å². The van der Waals surface area contributed by atoms with E-state index in [0.717, 1.165) is 0 Å². The van der Waals surface area contributed by atoms with Crippen LogP contribution in [-0.2, 0) is 14.8 Å². The number of carbonyl (C=O) groups excluding carboxylic acids is 1. The summed E-state index contributed by atoms with van der Waals surface area (Å²) < 4.78 is 33.1. The summed E-state index contributed by atoms with van der Waals surface area (Å²) in [5.41, 5.74) is 5.94. The lowest BCUT2D eigenvalue weighted by atomic mass is 9.95. The van der Waals surface area contributed by atoms with E-state index in [1.807, 2.05) is 11.8 Å². The van der Waals surface area contributed by atoms with Gasteiger partial charge in [-0.25, -0.2) is 13.2 Å². The Bertz CT molecular complexity index is 1060. The average molecular weight is 448 g/mol. The molecule has 1 fully saturated rings. The number of aromatic carboxylic acids is 1. The average Bonchev–Trinajstić information content (AvgIpc) is 2.74. The maximum absolute atomic E-state index is 12.7. The molecular weight excluding hydrogens is 422 g/mol. The molecule has 31 heavy (non-hydrogen) atoms. The van der Waals surface area contributed by atoms with E-state index in [1.165, 1.54) is 24.3 Å². The van der Waals surface area contributed by atoms with E-state index >= 15 is 0 Å². The van der Waals surface area contributed by atoms with Gasteiger partial charge in [0.25, 0.3) is 10.0 Å². The Morgan fingerprint density at radius 2 is 1.81 bits per heavy atom. The van der Waals surface area contributed by atoms with Crippen molar-refractivity contribution in [3.63, 3.8) is 0 Å². The number of hydrogen-bond acceptors (Lipinski definition) is 6. The zero-order valence-electron chi connectivity index (χ0n) is 17.1. The lowest BCUT2D eigenvalue weighted by Gasteiger charge is -2.33. The molecule has 1 heterocycles. The van der Waals surface area contributed by atoms with Crippen molar-refractivity contribution in [3.05, 3.63) is 48.0 Å². The normalized spacial score (nSPS) is 14.8. The van der Waals surface area contributed by atoms with Crippen molar-refractivity contribution >= 4 is 33.3 Å². The number of sulfonamides is 1. The van der Waals surface area contributed by atoms with Gasteiger partial charge in [0, 0.05) is 24.7 Å². The molecule has 0 aliphatic carbocycles. The Labute approximate surface area is 180 Å². The first-order valence-electron chi connectivity index (χ1n) is 9.88. The van der Waals surface area contributed by atoms with Crippen LogP contribution in [0.15, 0.2) is 47.4 Å². The maximum Gasteiger partial charge on any atom is 0.337 e. The summed E-state index contributed by atoms with van der Waals surface area (Å²) in [6.07, 6.45) is 1.08. The molecule has 0 bridgehead atoms. The number of primary amides is 1. The first-order chi connectivity index (χ1) is 14.7. The van der Waals surface area contributed by atoms with Crippen molar-refractivity contribution < 1.29 is 27.9 Å². The van der Waals surface area contributed by atoms with Crippen LogP contribution in [0, 0.1) is 5.92 Å². The molecule has 0 atom stereocenters. The molecule has 1 aliphatic rings. The molecule has 9 nitrogen and oxygen atoms in total. The highest BCUT2D eigenvalue weighted by Gasteiger charge is 2.26. The second-order valence-corrected chi connectivity index (χ2v) is 8.89. The van der Waals surface area contributed by atoms with E-state index in [9.17, 15) is 23.1 Å². The highest BCUT2D eigenvalue weighted by Crippen LogP contribution is 2.30. The van der Waals surface area contributed by atoms with Crippen molar-refractivity contribution in [2.24, 2.45) is 11.7 Å². The Morgan fingerprint density at radius 3 is 2.35 bits per heavy atom. The largest absolute Gasteiger partial charge is 0.494 e. The maximum atomic E-state index is 12.7. The minimum atomic E-state index is -3.91. The Balaban J connectivity index is 1.80. The second kappa shape index (κ2) is 9.25. The van der Waals surface area contributed by atoms with Gasteiger partial charge in [0.1, 0.15) is 5.75 Å². The number of rotatable bonds is 8. The lowest BCUT2D eigenvalue weighted by molar-refractivity contribution is -0.122. The van der Waals surface area contributed by atoms with Gasteiger partial charge in [-0.05, 0) is 62.2 Å². The van der Waals surface area contributed by atoms with Gasteiger partial charge in [-0.3, -0.25) is 9.52 Å². The third-order valence-corrected chi connectivity index (χ3v) is 6.56. The number of piperidine rings is 1. The molecule has 0 saturated carbocycles. The van der Waals surface area contributed by atoms with Gasteiger partial charge < -0.3 is 20.5 Å². The Morgan fingerprint density at radius 1 is 1.16 bits per heavy atom. The molecular formula is C21H25N3O6S. The number of nitrogens with two attached hydrogens (primary N) is 1. The van der Waals surface area contributed by atoms with E-state index in [-0.39, 0.29) is 28.0 Å². The van der Waals surface area contributed by atoms with Gasteiger partial charge in [0.2, 0.25) is 5.91 Å². The number of nitrogens with zero attached hydrogens (tertiary/aromatic N) is 1. The van der Waals surface area contributed by atoms with Crippen molar-refractivity contribution in [2.45, 2.75) is 24.7 Å². The molecule has 0 aromatic heterocycles. The number of nitrogens with one attached hydrogen (secondary N) is 1.